The van der Waals surface area contributed by atoms with Gasteiger partial charge in [-0.3, -0.25) is 0 Å². The average Bonchev–Trinajstić information content (AvgIpc) is 3.06. The van der Waals surface area contributed by atoms with Gasteiger partial charge in [0.05, 0.1) is 0 Å². The van der Waals surface area contributed by atoms with Crippen LogP contribution < -0.4 is 4.74 Å². The zero-order valence-corrected chi connectivity index (χ0v) is 14.1. The summed E-state index contributed by atoms with van der Waals surface area (Å²) in [7, 11) is 0. The van der Waals surface area contributed by atoms with Gasteiger partial charge < -0.3 is 9.26 Å². The van der Waals surface area contributed by atoms with Crippen LogP contribution in [0.4, 0.5) is 0 Å². The first-order valence-corrected chi connectivity index (χ1v) is 7.95. The lowest BCUT2D eigenvalue weighted by Crippen LogP contribution is -2.08. The number of halogens is 1. The van der Waals surface area contributed by atoms with Crippen molar-refractivity contribution < 1.29 is 14.1 Å². The van der Waals surface area contributed by atoms with Crippen LogP contribution in [-0.4, -0.2) is 11.1 Å². The standard InChI is InChI=1S/C19H16ClNO3/c1-12(2)13-5-9-16(10-6-13)23-19(22)17-11-18(24-21-17)14-3-7-15(20)8-4-14/h3-12H,1-2H3. The van der Waals surface area contributed by atoms with Gasteiger partial charge in [0.15, 0.2) is 11.5 Å². The maximum atomic E-state index is 12.2. The number of carbonyl (C=O) groups is 1. The fraction of sp³-hybridized carbons (Fsp3) is 0.158. The Balaban J connectivity index is 1.72. The van der Waals surface area contributed by atoms with E-state index < -0.39 is 5.97 Å². The molecule has 24 heavy (non-hydrogen) atoms. The Bertz CT molecular complexity index is 836. The molecule has 5 heteroatoms. The van der Waals surface area contributed by atoms with Crippen LogP contribution in [-0.2, 0) is 0 Å². The number of hydrogen-bond acceptors (Lipinski definition) is 4. The monoisotopic (exact) mass is 341 g/mol. The number of ether oxygens (including phenoxy) is 1. The van der Waals surface area contributed by atoms with Crippen molar-refractivity contribution in [3.8, 4) is 17.1 Å². The quantitative estimate of drug-likeness (QED) is 0.475. The van der Waals surface area contributed by atoms with Gasteiger partial charge in [-0.25, -0.2) is 4.79 Å². The molecule has 0 fully saturated rings. The highest BCUT2D eigenvalue weighted by Crippen LogP contribution is 2.23. The van der Waals surface area contributed by atoms with E-state index in [0.29, 0.717) is 22.5 Å². The van der Waals surface area contributed by atoms with Crippen molar-refractivity contribution in [3.63, 3.8) is 0 Å². The minimum atomic E-state index is -0.559. The molecular formula is C19H16ClNO3. The number of aromatic nitrogens is 1. The molecule has 4 nitrogen and oxygen atoms in total. The lowest BCUT2D eigenvalue weighted by molar-refractivity contribution is 0.0724. The fourth-order valence-corrected chi connectivity index (χ4v) is 2.33. The van der Waals surface area contributed by atoms with Gasteiger partial charge in [0.25, 0.3) is 0 Å². The Morgan fingerprint density at radius 3 is 2.38 bits per heavy atom. The van der Waals surface area contributed by atoms with Gasteiger partial charge in [-0.05, 0) is 47.9 Å². The molecular weight excluding hydrogens is 326 g/mol. The summed E-state index contributed by atoms with van der Waals surface area (Å²) < 4.78 is 10.5. The topological polar surface area (TPSA) is 52.3 Å². The maximum absolute atomic E-state index is 12.2. The van der Waals surface area contributed by atoms with Crippen LogP contribution in [0, 0.1) is 0 Å². The summed E-state index contributed by atoms with van der Waals surface area (Å²) in [5, 5.41) is 4.40. The van der Waals surface area contributed by atoms with E-state index in [9.17, 15) is 4.79 Å². The second kappa shape index (κ2) is 6.89. The first-order chi connectivity index (χ1) is 11.5. The third-order valence-electron chi connectivity index (χ3n) is 3.61. The lowest BCUT2D eigenvalue weighted by Gasteiger charge is -2.06. The average molecular weight is 342 g/mol. The van der Waals surface area contributed by atoms with Crippen LogP contribution in [0.15, 0.2) is 59.1 Å². The summed E-state index contributed by atoms with van der Waals surface area (Å²) in [6.07, 6.45) is 0. The first-order valence-electron chi connectivity index (χ1n) is 7.58. The molecule has 0 atom stereocenters. The Kier molecular flexibility index (Phi) is 4.67. The second-order valence-corrected chi connectivity index (χ2v) is 6.13. The van der Waals surface area contributed by atoms with Crippen LogP contribution in [0.25, 0.3) is 11.3 Å². The summed E-state index contributed by atoms with van der Waals surface area (Å²) in [5.74, 6) is 0.817. The third-order valence-corrected chi connectivity index (χ3v) is 3.86. The van der Waals surface area contributed by atoms with Gasteiger partial charge in [-0.2, -0.15) is 0 Å². The van der Waals surface area contributed by atoms with Crippen LogP contribution in [0.2, 0.25) is 5.02 Å². The van der Waals surface area contributed by atoms with Gasteiger partial charge in [-0.1, -0.05) is 42.7 Å². The molecule has 122 valence electrons. The molecule has 0 aliphatic rings. The second-order valence-electron chi connectivity index (χ2n) is 5.70. The highest BCUT2D eigenvalue weighted by molar-refractivity contribution is 6.30. The smallest absolute Gasteiger partial charge is 0.365 e. The van der Waals surface area contributed by atoms with Gasteiger partial charge in [0, 0.05) is 16.7 Å². The third kappa shape index (κ3) is 3.66. The van der Waals surface area contributed by atoms with E-state index in [-0.39, 0.29) is 5.69 Å². The molecule has 3 rings (SSSR count). The molecule has 0 amide bonds. The van der Waals surface area contributed by atoms with E-state index in [0.717, 1.165) is 5.56 Å². The van der Waals surface area contributed by atoms with E-state index in [2.05, 4.69) is 19.0 Å². The lowest BCUT2D eigenvalue weighted by atomic mass is 10.0. The highest BCUT2D eigenvalue weighted by Gasteiger charge is 2.16. The summed E-state index contributed by atoms with van der Waals surface area (Å²) in [6, 6.07) is 16.0. The molecule has 0 radical (unpaired) electrons. The van der Waals surface area contributed by atoms with Crippen LogP contribution in [0.5, 0.6) is 5.75 Å². The molecule has 0 spiro atoms. The minimum absolute atomic E-state index is 0.118. The molecule has 0 aliphatic carbocycles. The Labute approximate surface area is 145 Å². The van der Waals surface area contributed by atoms with E-state index in [1.54, 1.807) is 42.5 Å². The molecule has 3 aromatic rings. The fourth-order valence-electron chi connectivity index (χ4n) is 2.20. The summed E-state index contributed by atoms with van der Waals surface area (Å²) >= 11 is 5.86. The number of benzene rings is 2. The van der Waals surface area contributed by atoms with E-state index in [4.69, 9.17) is 20.9 Å². The summed E-state index contributed by atoms with van der Waals surface area (Å²) in [6.45, 7) is 4.21. The molecule has 0 N–H and O–H groups in total. The largest absolute Gasteiger partial charge is 0.422 e. The number of carbonyl (C=O) groups excluding carboxylic acids is 1. The predicted molar refractivity (Wildman–Crippen MR) is 92.4 cm³/mol. The number of hydrogen-bond donors (Lipinski definition) is 0. The molecule has 0 saturated heterocycles. The van der Waals surface area contributed by atoms with E-state index >= 15 is 0 Å². The van der Waals surface area contributed by atoms with Gasteiger partial charge in [-0.15, -0.1) is 0 Å². The number of nitrogens with zero attached hydrogens (tertiary/aromatic N) is 1. The predicted octanol–water partition coefficient (Wildman–Crippen LogP) is 5.34. The Morgan fingerprint density at radius 2 is 1.75 bits per heavy atom. The van der Waals surface area contributed by atoms with Crippen molar-refractivity contribution >= 4 is 17.6 Å². The maximum Gasteiger partial charge on any atom is 0.365 e. The van der Waals surface area contributed by atoms with Gasteiger partial charge >= 0.3 is 5.97 Å². The zero-order chi connectivity index (χ0) is 17.1. The van der Waals surface area contributed by atoms with Gasteiger partial charge in [0.1, 0.15) is 5.75 Å². The molecule has 0 saturated carbocycles. The summed E-state index contributed by atoms with van der Waals surface area (Å²) in [4.78, 5) is 12.2. The van der Waals surface area contributed by atoms with Crippen molar-refractivity contribution in [1.29, 1.82) is 0 Å². The zero-order valence-electron chi connectivity index (χ0n) is 13.3. The van der Waals surface area contributed by atoms with Crippen molar-refractivity contribution in [2.45, 2.75) is 19.8 Å². The molecule has 0 bridgehead atoms. The summed E-state index contributed by atoms with van der Waals surface area (Å²) in [5.41, 5.74) is 2.08. The molecule has 1 heterocycles. The van der Waals surface area contributed by atoms with Crippen LogP contribution in [0.3, 0.4) is 0 Å². The first kappa shape index (κ1) is 16.3. The van der Waals surface area contributed by atoms with Gasteiger partial charge in [0.2, 0.25) is 0 Å². The SMILES string of the molecule is CC(C)c1ccc(OC(=O)c2cc(-c3ccc(Cl)cc3)on2)cc1. The van der Waals surface area contributed by atoms with E-state index in [1.165, 1.54) is 5.56 Å². The van der Waals surface area contributed by atoms with Crippen molar-refractivity contribution in [2.75, 3.05) is 0 Å². The number of esters is 1. The molecule has 0 unspecified atom stereocenters. The van der Waals surface area contributed by atoms with Crippen molar-refractivity contribution in [2.24, 2.45) is 0 Å². The van der Waals surface area contributed by atoms with Crippen molar-refractivity contribution in [1.82, 2.24) is 5.16 Å². The molecule has 0 aliphatic heterocycles. The van der Waals surface area contributed by atoms with Crippen molar-refractivity contribution in [3.05, 3.63) is 70.9 Å². The molecule has 1 aromatic heterocycles. The Hall–Kier alpha value is -2.59. The minimum Gasteiger partial charge on any atom is -0.422 e. The van der Waals surface area contributed by atoms with Crippen LogP contribution >= 0.6 is 11.6 Å². The van der Waals surface area contributed by atoms with Crippen LogP contribution in [0.1, 0.15) is 35.8 Å². The Morgan fingerprint density at radius 1 is 1.08 bits per heavy atom. The van der Waals surface area contributed by atoms with E-state index in [1.807, 2.05) is 12.1 Å². The molecule has 2 aromatic carbocycles. The highest BCUT2D eigenvalue weighted by atomic mass is 35.5. The normalized spacial score (nSPS) is 10.8. The number of rotatable bonds is 4.